The topological polar surface area (TPSA) is 106 Å². The second kappa shape index (κ2) is 9.76. The zero-order chi connectivity index (χ0) is 25.1. The van der Waals surface area contributed by atoms with Crippen LogP contribution in [-0.2, 0) is 25.3 Å². The standard InChI is InChI=1S/C26H25N5O4/c1-4-31(19-8-6-5-7-9-19)22(32)16-17-10-12-18(13-11-17)27-24(33)21-15-14-20-23(28-21)29(2)26(35)30(3)25(20)34/h5-15H,4,16H2,1-3H3,(H,27,33). The SMILES string of the molecule is CCN(C(=O)Cc1ccc(NC(=O)c2ccc3c(=O)n(C)c(=O)n(C)c3n2)cc1)c1ccccc1. The summed E-state index contributed by atoms with van der Waals surface area (Å²) in [6, 6.07) is 19.4. The maximum absolute atomic E-state index is 12.8. The Bertz CT molecular complexity index is 1520. The Morgan fingerprint density at radius 2 is 1.60 bits per heavy atom. The minimum atomic E-state index is -0.522. The average molecular weight is 472 g/mol. The van der Waals surface area contributed by atoms with Gasteiger partial charge in [0.2, 0.25) is 5.91 Å². The van der Waals surface area contributed by atoms with Gasteiger partial charge in [-0.1, -0.05) is 30.3 Å². The fraction of sp³-hybridized carbons (Fsp3) is 0.192. The molecule has 9 heteroatoms. The zero-order valence-electron chi connectivity index (χ0n) is 19.7. The Hall–Kier alpha value is -4.53. The largest absolute Gasteiger partial charge is 0.332 e. The molecule has 0 atom stereocenters. The van der Waals surface area contributed by atoms with Crippen molar-refractivity contribution in [3.8, 4) is 0 Å². The van der Waals surface area contributed by atoms with Crippen LogP contribution in [0.15, 0.2) is 76.3 Å². The number of nitrogens with one attached hydrogen (secondary N) is 1. The number of aromatic nitrogens is 3. The summed E-state index contributed by atoms with van der Waals surface area (Å²) in [5.41, 5.74) is 1.41. The van der Waals surface area contributed by atoms with Gasteiger partial charge in [-0.05, 0) is 48.9 Å². The molecule has 2 heterocycles. The van der Waals surface area contributed by atoms with Gasteiger partial charge in [0.25, 0.3) is 11.5 Å². The summed E-state index contributed by atoms with van der Waals surface area (Å²) in [5.74, 6) is -0.502. The molecule has 0 aliphatic carbocycles. The maximum Gasteiger partial charge on any atom is 0.332 e. The molecule has 0 bridgehead atoms. The number of hydrogen-bond donors (Lipinski definition) is 1. The fourth-order valence-electron chi connectivity index (χ4n) is 3.86. The number of nitrogens with zero attached hydrogens (tertiary/aromatic N) is 4. The van der Waals surface area contributed by atoms with Crippen molar-refractivity contribution in [3.63, 3.8) is 0 Å². The maximum atomic E-state index is 12.8. The van der Waals surface area contributed by atoms with Gasteiger partial charge in [0, 0.05) is 32.0 Å². The first-order chi connectivity index (χ1) is 16.8. The third kappa shape index (κ3) is 4.74. The van der Waals surface area contributed by atoms with Gasteiger partial charge >= 0.3 is 5.69 Å². The number of hydrogen-bond acceptors (Lipinski definition) is 5. The quantitative estimate of drug-likeness (QED) is 0.465. The van der Waals surface area contributed by atoms with E-state index < -0.39 is 17.2 Å². The number of fused-ring (bicyclic) bond motifs is 1. The molecule has 0 aliphatic rings. The minimum Gasteiger partial charge on any atom is -0.321 e. The van der Waals surface area contributed by atoms with Crippen LogP contribution < -0.4 is 21.5 Å². The molecule has 178 valence electrons. The predicted octanol–water partition coefficient (Wildman–Crippen LogP) is 2.48. The molecule has 0 radical (unpaired) electrons. The van der Waals surface area contributed by atoms with Crippen molar-refractivity contribution in [3.05, 3.63) is 98.8 Å². The van der Waals surface area contributed by atoms with Gasteiger partial charge < -0.3 is 10.2 Å². The van der Waals surface area contributed by atoms with Crippen LogP contribution in [0.4, 0.5) is 11.4 Å². The lowest BCUT2D eigenvalue weighted by atomic mass is 10.1. The Balaban J connectivity index is 1.48. The number of anilines is 2. The molecule has 0 fully saturated rings. The number of rotatable bonds is 6. The zero-order valence-corrected chi connectivity index (χ0v) is 19.7. The van der Waals surface area contributed by atoms with E-state index >= 15 is 0 Å². The van der Waals surface area contributed by atoms with E-state index in [1.165, 1.54) is 30.8 Å². The molecule has 2 aromatic heterocycles. The molecule has 0 unspecified atom stereocenters. The number of carbonyl (C=O) groups is 2. The fourth-order valence-corrected chi connectivity index (χ4v) is 3.86. The van der Waals surface area contributed by atoms with Crippen LogP contribution >= 0.6 is 0 Å². The van der Waals surface area contributed by atoms with Gasteiger partial charge in [-0.3, -0.25) is 23.5 Å². The van der Waals surface area contributed by atoms with Crippen LogP contribution in [0.1, 0.15) is 23.0 Å². The number of likely N-dealkylation sites (N-methyl/N-ethyl adjacent to an activating group) is 1. The molecule has 0 saturated carbocycles. The van der Waals surface area contributed by atoms with Crippen molar-refractivity contribution in [2.45, 2.75) is 13.3 Å². The highest BCUT2D eigenvalue weighted by atomic mass is 16.2. The summed E-state index contributed by atoms with van der Waals surface area (Å²) in [4.78, 5) is 56.0. The molecule has 0 saturated heterocycles. The van der Waals surface area contributed by atoms with Crippen molar-refractivity contribution in [2.24, 2.45) is 14.1 Å². The van der Waals surface area contributed by atoms with Crippen molar-refractivity contribution < 1.29 is 9.59 Å². The van der Waals surface area contributed by atoms with Crippen molar-refractivity contribution in [1.82, 2.24) is 14.1 Å². The van der Waals surface area contributed by atoms with Crippen molar-refractivity contribution in [2.75, 3.05) is 16.8 Å². The van der Waals surface area contributed by atoms with Gasteiger partial charge in [0.15, 0.2) is 0 Å². The predicted molar refractivity (Wildman–Crippen MR) is 135 cm³/mol. The molecular weight excluding hydrogens is 446 g/mol. The van der Waals surface area contributed by atoms with E-state index in [0.717, 1.165) is 15.8 Å². The lowest BCUT2D eigenvalue weighted by Gasteiger charge is -2.21. The highest BCUT2D eigenvalue weighted by Crippen LogP contribution is 2.17. The summed E-state index contributed by atoms with van der Waals surface area (Å²) in [6.07, 6.45) is 0.228. The summed E-state index contributed by atoms with van der Waals surface area (Å²) < 4.78 is 2.23. The van der Waals surface area contributed by atoms with E-state index in [0.29, 0.717) is 12.2 Å². The summed E-state index contributed by atoms with van der Waals surface area (Å²) in [5, 5.41) is 3.00. The number of benzene rings is 2. The van der Waals surface area contributed by atoms with E-state index in [-0.39, 0.29) is 29.1 Å². The van der Waals surface area contributed by atoms with Gasteiger partial charge in [-0.2, -0.15) is 0 Å². The van der Waals surface area contributed by atoms with Crippen molar-refractivity contribution >= 4 is 34.2 Å². The van der Waals surface area contributed by atoms with Crippen LogP contribution in [0.5, 0.6) is 0 Å². The third-order valence-electron chi connectivity index (χ3n) is 5.79. The lowest BCUT2D eigenvalue weighted by Crippen LogP contribution is -2.37. The number of carbonyl (C=O) groups excluding carboxylic acids is 2. The van der Waals surface area contributed by atoms with Crippen LogP contribution in [0, 0.1) is 0 Å². The third-order valence-corrected chi connectivity index (χ3v) is 5.79. The lowest BCUT2D eigenvalue weighted by molar-refractivity contribution is -0.117. The van der Waals surface area contributed by atoms with E-state index in [2.05, 4.69) is 10.3 Å². The second-order valence-corrected chi connectivity index (χ2v) is 8.07. The molecule has 4 rings (SSSR count). The van der Waals surface area contributed by atoms with Crippen LogP contribution in [-0.4, -0.2) is 32.5 Å². The smallest absolute Gasteiger partial charge is 0.321 e. The molecule has 1 N–H and O–H groups in total. The molecule has 0 aliphatic heterocycles. The number of para-hydroxylation sites is 1. The summed E-state index contributed by atoms with van der Waals surface area (Å²) >= 11 is 0. The van der Waals surface area contributed by atoms with E-state index in [1.54, 1.807) is 29.2 Å². The first-order valence-electron chi connectivity index (χ1n) is 11.1. The normalized spacial score (nSPS) is 10.8. The average Bonchev–Trinajstić information content (AvgIpc) is 2.88. The number of aryl methyl sites for hydroxylation is 1. The molecule has 9 nitrogen and oxygen atoms in total. The Kier molecular flexibility index (Phi) is 6.59. The number of amides is 2. The Labute approximate surface area is 201 Å². The Morgan fingerprint density at radius 1 is 0.914 bits per heavy atom. The first-order valence-corrected chi connectivity index (χ1v) is 11.1. The van der Waals surface area contributed by atoms with E-state index in [9.17, 15) is 19.2 Å². The van der Waals surface area contributed by atoms with E-state index in [4.69, 9.17) is 0 Å². The van der Waals surface area contributed by atoms with Gasteiger partial charge in [0.05, 0.1) is 11.8 Å². The molecule has 2 amide bonds. The summed E-state index contributed by atoms with van der Waals surface area (Å²) in [7, 11) is 2.89. The van der Waals surface area contributed by atoms with Crippen LogP contribution in [0.25, 0.3) is 11.0 Å². The van der Waals surface area contributed by atoms with Gasteiger partial charge in [0.1, 0.15) is 11.3 Å². The highest BCUT2D eigenvalue weighted by Gasteiger charge is 2.16. The van der Waals surface area contributed by atoms with Gasteiger partial charge in [-0.15, -0.1) is 0 Å². The van der Waals surface area contributed by atoms with E-state index in [1.807, 2.05) is 37.3 Å². The van der Waals surface area contributed by atoms with Crippen molar-refractivity contribution in [1.29, 1.82) is 0 Å². The van der Waals surface area contributed by atoms with Crippen LogP contribution in [0.3, 0.4) is 0 Å². The summed E-state index contributed by atoms with van der Waals surface area (Å²) in [6.45, 7) is 2.49. The van der Waals surface area contributed by atoms with Crippen LogP contribution in [0.2, 0.25) is 0 Å². The molecular formula is C26H25N5O4. The molecule has 2 aromatic carbocycles. The molecule has 4 aromatic rings. The number of pyridine rings is 1. The Morgan fingerprint density at radius 3 is 2.26 bits per heavy atom. The highest BCUT2D eigenvalue weighted by molar-refractivity contribution is 6.04. The first kappa shape index (κ1) is 23.6. The molecule has 0 spiro atoms. The monoisotopic (exact) mass is 471 g/mol. The molecule has 35 heavy (non-hydrogen) atoms. The minimum absolute atomic E-state index is 0.0207. The second-order valence-electron chi connectivity index (χ2n) is 8.07. The van der Waals surface area contributed by atoms with Gasteiger partial charge in [-0.25, -0.2) is 9.78 Å².